The number of benzene rings is 1. The molecule has 0 radical (unpaired) electrons. The van der Waals surface area contributed by atoms with Crippen LogP contribution in [0.15, 0.2) is 22.7 Å². The summed E-state index contributed by atoms with van der Waals surface area (Å²) in [6.07, 6.45) is 4.24. The minimum absolute atomic E-state index is 0.246. The third kappa shape index (κ3) is 2.96. The molecule has 0 N–H and O–H groups in total. The van der Waals surface area contributed by atoms with Gasteiger partial charge in [-0.1, -0.05) is 28.1 Å². The van der Waals surface area contributed by atoms with Gasteiger partial charge in [-0.3, -0.25) is 4.21 Å². The zero-order valence-electron chi connectivity index (χ0n) is 10.9. The number of hydrogen-bond acceptors (Lipinski definition) is 2. The van der Waals surface area contributed by atoms with Crippen molar-refractivity contribution < 1.29 is 8.95 Å². The summed E-state index contributed by atoms with van der Waals surface area (Å²) in [6, 6.07) is 6.30. The Labute approximate surface area is 125 Å². The van der Waals surface area contributed by atoms with Gasteiger partial charge in [-0.2, -0.15) is 0 Å². The Morgan fingerprint density at radius 3 is 2.84 bits per heavy atom. The lowest BCUT2D eigenvalue weighted by atomic mass is 10.0. The quantitative estimate of drug-likeness (QED) is 0.838. The highest BCUT2D eigenvalue weighted by molar-refractivity contribution is 9.10. The van der Waals surface area contributed by atoms with Crippen LogP contribution in [0.3, 0.4) is 0 Å². The van der Waals surface area contributed by atoms with Gasteiger partial charge in [0.1, 0.15) is 0 Å². The molecular formula is C15H19BrO2S. The zero-order chi connectivity index (χ0) is 13.2. The van der Waals surface area contributed by atoms with Crippen molar-refractivity contribution in [3.63, 3.8) is 0 Å². The van der Waals surface area contributed by atoms with Gasteiger partial charge in [0.2, 0.25) is 0 Å². The van der Waals surface area contributed by atoms with E-state index in [4.69, 9.17) is 4.74 Å². The smallest absolute Gasteiger partial charge is 0.0603 e. The number of fused-ring (bicyclic) bond motifs is 1. The van der Waals surface area contributed by atoms with Crippen LogP contribution in [0.25, 0.3) is 0 Å². The van der Waals surface area contributed by atoms with Crippen LogP contribution >= 0.6 is 15.9 Å². The lowest BCUT2D eigenvalue weighted by Gasteiger charge is -2.23. The van der Waals surface area contributed by atoms with Crippen molar-refractivity contribution in [2.24, 2.45) is 5.92 Å². The maximum Gasteiger partial charge on any atom is 0.0603 e. The van der Waals surface area contributed by atoms with Crippen molar-refractivity contribution in [2.45, 2.75) is 30.9 Å². The topological polar surface area (TPSA) is 26.3 Å². The lowest BCUT2D eigenvalue weighted by molar-refractivity contribution is 0.0725. The van der Waals surface area contributed by atoms with E-state index in [0.717, 1.165) is 44.6 Å². The first-order valence-corrected chi connectivity index (χ1v) is 9.15. The predicted octanol–water partition coefficient (Wildman–Crippen LogP) is 3.61. The SMILES string of the molecule is O=S(CC1CCOCC1)C1CCc2c(Br)cccc21. The summed E-state index contributed by atoms with van der Waals surface area (Å²) in [5.74, 6) is 1.44. The van der Waals surface area contributed by atoms with E-state index in [-0.39, 0.29) is 5.25 Å². The molecule has 2 nitrogen and oxygen atoms in total. The molecule has 1 aromatic carbocycles. The average Bonchev–Trinajstić information content (AvgIpc) is 2.85. The molecule has 1 aromatic rings. The molecule has 0 saturated carbocycles. The summed E-state index contributed by atoms with van der Waals surface area (Å²) in [5.41, 5.74) is 2.67. The first kappa shape index (κ1) is 13.8. The van der Waals surface area contributed by atoms with E-state index >= 15 is 0 Å². The molecule has 2 atom stereocenters. The Hall–Kier alpha value is -0.190. The molecule has 2 aliphatic rings. The molecule has 1 fully saturated rings. The van der Waals surface area contributed by atoms with E-state index in [0.29, 0.717) is 5.92 Å². The number of hydrogen-bond donors (Lipinski definition) is 0. The van der Waals surface area contributed by atoms with Crippen molar-refractivity contribution in [3.05, 3.63) is 33.8 Å². The van der Waals surface area contributed by atoms with E-state index in [2.05, 4.69) is 34.1 Å². The summed E-state index contributed by atoms with van der Waals surface area (Å²) in [6.45, 7) is 1.68. The molecule has 2 unspecified atom stereocenters. The summed E-state index contributed by atoms with van der Waals surface area (Å²) in [4.78, 5) is 0. The molecular weight excluding hydrogens is 324 g/mol. The van der Waals surface area contributed by atoms with Crippen molar-refractivity contribution in [3.8, 4) is 0 Å². The van der Waals surface area contributed by atoms with Crippen LogP contribution in [-0.2, 0) is 22.0 Å². The van der Waals surface area contributed by atoms with Gasteiger partial charge < -0.3 is 4.74 Å². The highest BCUT2D eigenvalue weighted by Gasteiger charge is 2.30. The van der Waals surface area contributed by atoms with Gasteiger partial charge >= 0.3 is 0 Å². The second kappa shape index (κ2) is 6.06. The third-order valence-electron chi connectivity index (χ3n) is 4.22. The fourth-order valence-electron chi connectivity index (χ4n) is 3.11. The molecule has 0 aromatic heterocycles. The van der Waals surface area contributed by atoms with E-state index in [1.807, 2.05) is 0 Å². The molecule has 0 amide bonds. The van der Waals surface area contributed by atoms with Gasteiger partial charge in [0.25, 0.3) is 0 Å². The maximum absolute atomic E-state index is 12.6. The van der Waals surface area contributed by atoms with Crippen LogP contribution in [0.1, 0.15) is 35.6 Å². The second-order valence-corrected chi connectivity index (χ2v) is 7.96. The minimum Gasteiger partial charge on any atom is -0.381 e. The third-order valence-corrected chi connectivity index (χ3v) is 6.88. The fourth-order valence-corrected chi connectivity index (χ4v) is 5.60. The molecule has 0 spiro atoms. The molecule has 104 valence electrons. The Balaban J connectivity index is 1.71. The molecule has 1 saturated heterocycles. The van der Waals surface area contributed by atoms with E-state index in [9.17, 15) is 4.21 Å². The lowest BCUT2D eigenvalue weighted by Crippen LogP contribution is -2.22. The Kier molecular flexibility index (Phi) is 4.40. The Bertz CT molecular complexity index is 483. The normalized spacial score (nSPS) is 25.2. The van der Waals surface area contributed by atoms with Crippen LogP contribution in [-0.4, -0.2) is 23.2 Å². The number of halogens is 1. The van der Waals surface area contributed by atoms with Gasteiger partial charge in [0.15, 0.2) is 0 Å². The van der Waals surface area contributed by atoms with Crippen LogP contribution < -0.4 is 0 Å². The van der Waals surface area contributed by atoms with Crippen molar-refractivity contribution in [1.29, 1.82) is 0 Å². The van der Waals surface area contributed by atoms with Crippen molar-refractivity contribution >= 4 is 26.7 Å². The van der Waals surface area contributed by atoms with E-state index in [1.54, 1.807) is 0 Å². The maximum atomic E-state index is 12.6. The standard InChI is InChI=1S/C15H19BrO2S/c16-14-3-1-2-13-12(14)4-5-15(13)19(17)10-11-6-8-18-9-7-11/h1-3,11,15H,4-10H2. The second-order valence-electron chi connectivity index (χ2n) is 5.44. The summed E-state index contributed by atoms with van der Waals surface area (Å²) < 4.78 is 19.2. The largest absolute Gasteiger partial charge is 0.381 e. The van der Waals surface area contributed by atoms with Crippen LogP contribution in [0.4, 0.5) is 0 Å². The van der Waals surface area contributed by atoms with Gasteiger partial charge in [-0.25, -0.2) is 0 Å². The minimum atomic E-state index is -0.739. The predicted molar refractivity (Wildman–Crippen MR) is 81.8 cm³/mol. The van der Waals surface area contributed by atoms with Crippen LogP contribution in [0.2, 0.25) is 0 Å². The van der Waals surface area contributed by atoms with Crippen molar-refractivity contribution in [1.82, 2.24) is 0 Å². The highest BCUT2D eigenvalue weighted by Crippen LogP contribution is 2.39. The Morgan fingerprint density at radius 2 is 2.05 bits per heavy atom. The molecule has 1 aliphatic carbocycles. The molecule has 1 aliphatic heterocycles. The number of rotatable bonds is 3. The number of ether oxygens (including phenoxy) is 1. The molecule has 19 heavy (non-hydrogen) atoms. The van der Waals surface area contributed by atoms with Crippen LogP contribution in [0, 0.1) is 5.92 Å². The summed E-state index contributed by atoms with van der Waals surface area (Å²) in [7, 11) is -0.739. The van der Waals surface area contributed by atoms with Gasteiger partial charge in [0, 0.05) is 34.2 Å². The van der Waals surface area contributed by atoms with Crippen LogP contribution in [0.5, 0.6) is 0 Å². The van der Waals surface area contributed by atoms with Gasteiger partial charge in [-0.15, -0.1) is 0 Å². The van der Waals surface area contributed by atoms with E-state index in [1.165, 1.54) is 15.6 Å². The molecule has 3 rings (SSSR count). The molecule has 4 heteroatoms. The molecule has 0 bridgehead atoms. The summed E-state index contributed by atoms with van der Waals surface area (Å²) in [5, 5.41) is 0.246. The fraction of sp³-hybridized carbons (Fsp3) is 0.600. The van der Waals surface area contributed by atoms with Gasteiger partial charge in [0.05, 0.1) is 5.25 Å². The first-order valence-electron chi connectivity index (χ1n) is 6.98. The first-order chi connectivity index (χ1) is 9.25. The molecule has 1 heterocycles. The Morgan fingerprint density at radius 1 is 1.26 bits per heavy atom. The van der Waals surface area contributed by atoms with E-state index < -0.39 is 10.8 Å². The van der Waals surface area contributed by atoms with Gasteiger partial charge in [-0.05, 0) is 48.8 Å². The summed E-state index contributed by atoms with van der Waals surface area (Å²) >= 11 is 3.61. The average molecular weight is 343 g/mol. The zero-order valence-corrected chi connectivity index (χ0v) is 13.3. The highest BCUT2D eigenvalue weighted by atomic mass is 79.9. The monoisotopic (exact) mass is 342 g/mol. The van der Waals surface area contributed by atoms with Crippen molar-refractivity contribution in [2.75, 3.05) is 19.0 Å².